The van der Waals surface area contributed by atoms with Crippen molar-refractivity contribution in [2.24, 2.45) is 5.73 Å². The molecule has 1 atom stereocenters. The van der Waals surface area contributed by atoms with Crippen molar-refractivity contribution >= 4 is 15.9 Å². The monoisotopic (exact) mass is 323 g/mol. The molecule has 0 saturated heterocycles. The number of hydrogen-bond donors (Lipinski definition) is 1. The van der Waals surface area contributed by atoms with Crippen LogP contribution >= 0.6 is 15.9 Å². The first-order chi connectivity index (χ1) is 9.11. The van der Waals surface area contributed by atoms with E-state index in [1.165, 1.54) is 6.07 Å². The zero-order valence-corrected chi connectivity index (χ0v) is 12.2. The molecular weight excluding hydrogens is 309 g/mol. The second kappa shape index (κ2) is 6.17. The average Bonchev–Trinajstić information content (AvgIpc) is 2.39. The van der Waals surface area contributed by atoms with Gasteiger partial charge in [-0.1, -0.05) is 40.2 Å². The summed E-state index contributed by atoms with van der Waals surface area (Å²) in [7, 11) is 0. The minimum atomic E-state index is -0.401. The van der Waals surface area contributed by atoms with Gasteiger partial charge in [0.1, 0.15) is 6.10 Å². The highest BCUT2D eigenvalue weighted by Crippen LogP contribution is 2.27. The summed E-state index contributed by atoms with van der Waals surface area (Å²) >= 11 is 3.22. The Bertz CT molecular complexity index is 574. The van der Waals surface area contributed by atoms with Crippen molar-refractivity contribution in [2.45, 2.75) is 13.0 Å². The third-order valence-corrected chi connectivity index (χ3v) is 3.41. The van der Waals surface area contributed by atoms with Gasteiger partial charge in [-0.25, -0.2) is 4.39 Å². The summed E-state index contributed by atoms with van der Waals surface area (Å²) in [4.78, 5) is 0. The van der Waals surface area contributed by atoms with Gasteiger partial charge in [-0.2, -0.15) is 0 Å². The van der Waals surface area contributed by atoms with Crippen molar-refractivity contribution in [3.05, 3.63) is 63.9 Å². The Morgan fingerprint density at radius 1 is 1.26 bits per heavy atom. The van der Waals surface area contributed by atoms with Crippen molar-refractivity contribution in [2.75, 3.05) is 6.54 Å². The summed E-state index contributed by atoms with van der Waals surface area (Å²) in [5, 5.41) is 0. The van der Waals surface area contributed by atoms with Crippen molar-refractivity contribution in [3.8, 4) is 5.75 Å². The van der Waals surface area contributed by atoms with Crippen LogP contribution in [0.2, 0.25) is 0 Å². The predicted molar refractivity (Wildman–Crippen MR) is 77.7 cm³/mol. The van der Waals surface area contributed by atoms with Gasteiger partial charge >= 0.3 is 0 Å². The molecule has 4 heteroatoms. The largest absolute Gasteiger partial charge is 0.481 e. The number of hydrogen-bond acceptors (Lipinski definition) is 2. The molecule has 0 saturated carbocycles. The maximum absolute atomic E-state index is 13.8. The van der Waals surface area contributed by atoms with Gasteiger partial charge in [-0.3, -0.25) is 0 Å². The lowest BCUT2D eigenvalue weighted by molar-refractivity contribution is 0.204. The van der Waals surface area contributed by atoms with Gasteiger partial charge in [0, 0.05) is 11.0 Å². The lowest BCUT2D eigenvalue weighted by atomic mass is 10.0. The van der Waals surface area contributed by atoms with Crippen LogP contribution in [0.1, 0.15) is 17.2 Å². The van der Waals surface area contributed by atoms with E-state index >= 15 is 0 Å². The average molecular weight is 324 g/mol. The number of rotatable bonds is 4. The van der Waals surface area contributed by atoms with Gasteiger partial charge in [0.15, 0.2) is 11.6 Å². The van der Waals surface area contributed by atoms with Gasteiger partial charge in [0.25, 0.3) is 0 Å². The first-order valence-corrected chi connectivity index (χ1v) is 6.78. The van der Waals surface area contributed by atoms with E-state index in [1.807, 2.05) is 31.2 Å². The van der Waals surface area contributed by atoms with E-state index in [1.54, 1.807) is 12.1 Å². The number of nitrogens with two attached hydrogens (primary N) is 1. The Kier molecular flexibility index (Phi) is 4.56. The van der Waals surface area contributed by atoms with Gasteiger partial charge in [0.05, 0.1) is 0 Å². The van der Waals surface area contributed by atoms with Gasteiger partial charge in [0.2, 0.25) is 0 Å². The number of halogens is 2. The van der Waals surface area contributed by atoms with Crippen molar-refractivity contribution in [1.29, 1.82) is 0 Å². The number of aryl methyl sites for hydroxylation is 1. The highest BCUT2D eigenvalue weighted by Gasteiger charge is 2.15. The molecule has 1 unspecified atom stereocenters. The zero-order chi connectivity index (χ0) is 13.8. The maximum atomic E-state index is 13.8. The third-order valence-electron chi connectivity index (χ3n) is 2.91. The summed E-state index contributed by atoms with van der Waals surface area (Å²) in [5.74, 6) is -0.191. The highest BCUT2D eigenvalue weighted by molar-refractivity contribution is 9.10. The summed E-state index contributed by atoms with van der Waals surface area (Å²) in [6.07, 6.45) is -0.350. The van der Waals surface area contributed by atoms with E-state index < -0.39 is 5.82 Å². The first-order valence-electron chi connectivity index (χ1n) is 5.99. The fourth-order valence-corrected chi connectivity index (χ4v) is 2.24. The number of benzene rings is 2. The molecule has 2 aromatic carbocycles. The summed E-state index contributed by atoms with van der Waals surface area (Å²) < 4.78 is 20.1. The molecule has 0 spiro atoms. The second-order valence-electron chi connectivity index (χ2n) is 4.27. The second-order valence-corrected chi connectivity index (χ2v) is 5.19. The smallest absolute Gasteiger partial charge is 0.166 e. The molecule has 2 aromatic rings. The topological polar surface area (TPSA) is 35.2 Å². The molecule has 0 heterocycles. The molecule has 0 amide bonds. The van der Waals surface area contributed by atoms with Gasteiger partial charge < -0.3 is 10.5 Å². The summed E-state index contributed by atoms with van der Waals surface area (Å²) in [6, 6.07) is 12.5. The van der Waals surface area contributed by atoms with Crippen LogP contribution in [-0.2, 0) is 0 Å². The molecule has 2 nitrogen and oxygen atoms in total. The van der Waals surface area contributed by atoms with E-state index in [0.29, 0.717) is 11.0 Å². The Morgan fingerprint density at radius 2 is 2.00 bits per heavy atom. The van der Waals surface area contributed by atoms with Crippen LogP contribution in [0.4, 0.5) is 4.39 Å². The predicted octanol–water partition coefficient (Wildman–Crippen LogP) is 3.98. The van der Waals surface area contributed by atoms with Crippen molar-refractivity contribution in [1.82, 2.24) is 0 Å². The third kappa shape index (κ3) is 3.33. The fraction of sp³-hybridized carbons (Fsp3) is 0.200. The molecule has 0 aromatic heterocycles. The van der Waals surface area contributed by atoms with E-state index in [9.17, 15) is 4.39 Å². The molecule has 0 aliphatic heterocycles. The molecule has 0 aliphatic carbocycles. The quantitative estimate of drug-likeness (QED) is 0.923. The van der Waals surface area contributed by atoms with Crippen LogP contribution in [0.25, 0.3) is 0 Å². The molecule has 2 N–H and O–H groups in total. The van der Waals surface area contributed by atoms with Gasteiger partial charge in [-0.15, -0.1) is 0 Å². The van der Waals surface area contributed by atoms with Crippen molar-refractivity contribution in [3.63, 3.8) is 0 Å². The SMILES string of the molecule is Cc1ccccc1C(CN)Oc1ccc(Br)cc1F. The minimum absolute atomic E-state index is 0.210. The van der Waals surface area contributed by atoms with Crippen LogP contribution in [0.15, 0.2) is 46.9 Å². The van der Waals surface area contributed by atoms with Crippen LogP contribution in [0, 0.1) is 12.7 Å². The Hall–Kier alpha value is -1.39. The van der Waals surface area contributed by atoms with E-state index in [-0.39, 0.29) is 11.9 Å². The standard InChI is InChI=1S/C15H15BrFNO/c1-10-4-2-3-5-12(10)15(9-18)19-14-7-6-11(16)8-13(14)17/h2-8,15H,9,18H2,1H3. The lowest BCUT2D eigenvalue weighted by Gasteiger charge is -2.20. The molecular formula is C15H15BrFNO. The highest BCUT2D eigenvalue weighted by atomic mass is 79.9. The minimum Gasteiger partial charge on any atom is -0.481 e. The molecule has 0 fully saturated rings. The van der Waals surface area contributed by atoms with Gasteiger partial charge in [-0.05, 0) is 36.2 Å². The first kappa shape index (κ1) is 14.0. The Morgan fingerprint density at radius 3 is 2.63 bits per heavy atom. The summed E-state index contributed by atoms with van der Waals surface area (Å²) in [6.45, 7) is 2.28. The van der Waals surface area contributed by atoms with E-state index in [0.717, 1.165) is 11.1 Å². The van der Waals surface area contributed by atoms with E-state index in [2.05, 4.69) is 15.9 Å². The lowest BCUT2D eigenvalue weighted by Crippen LogP contribution is -2.19. The van der Waals surface area contributed by atoms with E-state index in [4.69, 9.17) is 10.5 Å². The number of ether oxygens (including phenoxy) is 1. The molecule has 100 valence electrons. The van der Waals surface area contributed by atoms with Crippen LogP contribution in [0.3, 0.4) is 0 Å². The molecule has 0 radical (unpaired) electrons. The summed E-state index contributed by atoms with van der Waals surface area (Å²) in [5.41, 5.74) is 7.80. The molecule has 0 bridgehead atoms. The Labute approximate surface area is 120 Å². The van der Waals surface area contributed by atoms with Crippen molar-refractivity contribution < 1.29 is 9.13 Å². The van der Waals surface area contributed by atoms with Crippen LogP contribution in [0.5, 0.6) is 5.75 Å². The van der Waals surface area contributed by atoms with Crippen LogP contribution < -0.4 is 10.5 Å². The molecule has 2 rings (SSSR count). The fourth-order valence-electron chi connectivity index (χ4n) is 1.91. The normalized spacial score (nSPS) is 12.2. The molecule has 0 aliphatic rings. The Balaban J connectivity index is 2.27. The zero-order valence-electron chi connectivity index (χ0n) is 10.6. The molecule has 19 heavy (non-hydrogen) atoms. The van der Waals surface area contributed by atoms with Crippen LogP contribution in [-0.4, -0.2) is 6.54 Å². The maximum Gasteiger partial charge on any atom is 0.166 e.